The molecule has 1 aliphatic rings. The summed E-state index contributed by atoms with van der Waals surface area (Å²) >= 11 is 0. The monoisotopic (exact) mass is 282 g/mol. The largest absolute Gasteiger partial charge is 0.311 e. The van der Waals surface area contributed by atoms with E-state index in [1.807, 2.05) is 0 Å². The number of benzene rings is 2. The lowest BCUT2D eigenvalue weighted by molar-refractivity contribution is 0.171. The smallest absolute Gasteiger partial charge is 0.0212 e. The van der Waals surface area contributed by atoms with Crippen molar-refractivity contribution >= 4 is 10.8 Å². The molecule has 0 aliphatic carbocycles. The van der Waals surface area contributed by atoms with Gasteiger partial charge in [-0.15, -0.1) is 0 Å². The Morgan fingerprint density at radius 3 is 2.62 bits per heavy atom. The van der Waals surface area contributed by atoms with Crippen LogP contribution in [-0.4, -0.2) is 30.6 Å². The summed E-state index contributed by atoms with van der Waals surface area (Å²) in [5.74, 6) is 0. The summed E-state index contributed by atoms with van der Waals surface area (Å²) in [7, 11) is 0. The number of rotatable bonds is 5. The normalized spacial score (nSPS) is 18.0. The van der Waals surface area contributed by atoms with Gasteiger partial charge in [-0.1, -0.05) is 48.9 Å². The molecular formula is C19H26N2. The van der Waals surface area contributed by atoms with Gasteiger partial charge in [0.2, 0.25) is 0 Å². The molecule has 112 valence electrons. The van der Waals surface area contributed by atoms with Crippen LogP contribution in [-0.2, 0) is 6.54 Å². The van der Waals surface area contributed by atoms with Gasteiger partial charge >= 0.3 is 0 Å². The predicted molar refractivity (Wildman–Crippen MR) is 90.5 cm³/mol. The maximum absolute atomic E-state index is 3.65. The molecule has 0 aromatic heterocycles. The molecule has 1 saturated heterocycles. The number of nitrogens with zero attached hydrogens (tertiary/aromatic N) is 1. The van der Waals surface area contributed by atoms with Crippen LogP contribution in [0.3, 0.4) is 0 Å². The number of fused-ring (bicyclic) bond motifs is 1. The quantitative estimate of drug-likeness (QED) is 0.897. The lowest BCUT2D eigenvalue weighted by atomic mass is 10.0. The fraction of sp³-hybridized carbons (Fsp3) is 0.474. The van der Waals surface area contributed by atoms with Crippen molar-refractivity contribution in [2.75, 3.05) is 19.6 Å². The van der Waals surface area contributed by atoms with Crippen LogP contribution in [0, 0.1) is 0 Å². The highest BCUT2D eigenvalue weighted by Gasteiger charge is 2.15. The van der Waals surface area contributed by atoms with Gasteiger partial charge in [0.05, 0.1) is 0 Å². The molecule has 3 rings (SSSR count). The molecule has 1 unspecified atom stereocenters. The van der Waals surface area contributed by atoms with E-state index in [1.54, 1.807) is 0 Å². The Balaban J connectivity index is 1.56. The number of hydrogen-bond acceptors (Lipinski definition) is 2. The highest BCUT2D eigenvalue weighted by atomic mass is 15.2. The Bertz CT molecular complexity index is 567. The molecule has 1 fully saturated rings. The Morgan fingerprint density at radius 1 is 1.00 bits per heavy atom. The van der Waals surface area contributed by atoms with Gasteiger partial charge in [-0.05, 0) is 49.2 Å². The molecule has 2 nitrogen and oxygen atoms in total. The summed E-state index contributed by atoms with van der Waals surface area (Å²) in [6.07, 6.45) is 4.15. The number of likely N-dealkylation sites (tertiary alicyclic amines) is 1. The topological polar surface area (TPSA) is 15.3 Å². The second kappa shape index (κ2) is 7.06. The molecule has 2 aromatic carbocycles. The van der Waals surface area contributed by atoms with Crippen LogP contribution in [0.25, 0.3) is 10.8 Å². The van der Waals surface area contributed by atoms with E-state index in [2.05, 4.69) is 59.6 Å². The van der Waals surface area contributed by atoms with Gasteiger partial charge in [0, 0.05) is 19.1 Å². The average molecular weight is 282 g/mol. The van der Waals surface area contributed by atoms with Crippen LogP contribution in [0.5, 0.6) is 0 Å². The molecule has 1 aliphatic heterocycles. The highest BCUT2D eigenvalue weighted by Crippen LogP contribution is 2.18. The van der Waals surface area contributed by atoms with Crippen LogP contribution in [0.15, 0.2) is 42.5 Å². The fourth-order valence-electron chi connectivity index (χ4n) is 3.35. The highest BCUT2D eigenvalue weighted by molar-refractivity contribution is 5.85. The number of piperidine rings is 1. The maximum atomic E-state index is 3.65. The first-order valence-electron chi connectivity index (χ1n) is 8.26. The minimum atomic E-state index is 0.639. The van der Waals surface area contributed by atoms with Crippen molar-refractivity contribution in [2.45, 2.75) is 38.8 Å². The number of hydrogen-bond donors (Lipinski definition) is 1. The van der Waals surface area contributed by atoms with Gasteiger partial charge in [-0.3, -0.25) is 4.90 Å². The van der Waals surface area contributed by atoms with Crippen molar-refractivity contribution in [2.24, 2.45) is 0 Å². The van der Waals surface area contributed by atoms with Gasteiger partial charge in [-0.2, -0.15) is 0 Å². The summed E-state index contributed by atoms with van der Waals surface area (Å²) < 4.78 is 0. The minimum absolute atomic E-state index is 0.639. The second-order valence-corrected chi connectivity index (χ2v) is 6.21. The zero-order valence-electron chi connectivity index (χ0n) is 13.0. The third-order valence-electron chi connectivity index (χ3n) is 4.65. The third-order valence-corrected chi connectivity index (χ3v) is 4.65. The molecule has 0 amide bonds. The lowest BCUT2D eigenvalue weighted by Crippen LogP contribution is -2.42. The molecule has 21 heavy (non-hydrogen) atoms. The molecule has 0 saturated carbocycles. The second-order valence-electron chi connectivity index (χ2n) is 6.21. The first kappa shape index (κ1) is 14.6. The van der Waals surface area contributed by atoms with Crippen molar-refractivity contribution in [1.82, 2.24) is 10.2 Å². The molecule has 0 radical (unpaired) electrons. The molecule has 0 spiro atoms. The summed E-state index contributed by atoms with van der Waals surface area (Å²) in [4.78, 5) is 2.62. The molecular weight excluding hydrogens is 256 g/mol. The van der Waals surface area contributed by atoms with E-state index in [1.165, 1.54) is 48.7 Å². The van der Waals surface area contributed by atoms with E-state index < -0.39 is 0 Å². The predicted octanol–water partition coefficient (Wildman–Crippen LogP) is 3.80. The van der Waals surface area contributed by atoms with Crippen LogP contribution in [0.2, 0.25) is 0 Å². The summed E-state index contributed by atoms with van der Waals surface area (Å²) in [6.45, 7) is 6.93. The van der Waals surface area contributed by atoms with Crippen molar-refractivity contribution < 1.29 is 0 Å². The molecule has 1 atom stereocenters. The third kappa shape index (κ3) is 3.63. The van der Waals surface area contributed by atoms with Crippen molar-refractivity contribution in [3.8, 4) is 0 Å². The first-order chi connectivity index (χ1) is 10.3. The average Bonchev–Trinajstić information content (AvgIpc) is 2.56. The zero-order valence-corrected chi connectivity index (χ0v) is 13.0. The van der Waals surface area contributed by atoms with E-state index in [4.69, 9.17) is 0 Å². The molecule has 1 N–H and O–H groups in total. The number of nitrogens with one attached hydrogen (secondary N) is 1. The van der Waals surface area contributed by atoms with E-state index in [0.29, 0.717) is 6.04 Å². The van der Waals surface area contributed by atoms with Crippen LogP contribution in [0.1, 0.15) is 31.7 Å². The Morgan fingerprint density at radius 2 is 1.76 bits per heavy atom. The Hall–Kier alpha value is -1.38. The van der Waals surface area contributed by atoms with Gasteiger partial charge in [0.1, 0.15) is 0 Å². The van der Waals surface area contributed by atoms with Gasteiger partial charge < -0.3 is 5.32 Å². The van der Waals surface area contributed by atoms with Crippen molar-refractivity contribution in [3.05, 3.63) is 48.0 Å². The van der Waals surface area contributed by atoms with Crippen molar-refractivity contribution in [1.29, 1.82) is 0 Å². The standard InChI is InChI=1S/C19H26N2/c1-16(21-12-5-2-6-13-21)14-20-15-18-10-7-9-17-8-3-4-11-19(17)18/h3-4,7-11,16,20H,2,5-6,12-15H2,1H3. The minimum Gasteiger partial charge on any atom is -0.311 e. The van der Waals surface area contributed by atoms with Gasteiger partial charge in [0.15, 0.2) is 0 Å². The SMILES string of the molecule is CC(CNCc1cccc2ccccc12)N1CCCCC1. The van der Waals surface area contributed by atoms with Crippen LogP contribution < -0.4 is 5.32 Å². The molecule has 2 heteroatoms. The molecule has 1 heterocycles. The van der Waals surface area contributed by atoms with Crippen molar-refractivity contribution in [3.63, 3.8) is 0 Å². The summed E-state index contributed by atoms with van der Waals surface area (Å²) in [5.41, 5.74) is 1.40. The molecule has 2 aromatic rings. The van der Waals surface area contributed by atoms with E-state index in [9.17, 15) is 0 Å². The lowest BCUT2D eigenvalue weighted by Gasteiger charge is -2.32. The Labute approximate surface area is 128 Å². The van der Waals surface area contributed by atoms with Gasteiger partial charge in [-0.25, -0.2) is 0 Å². The summed E-state index contributed by atoms with van der Waals surface area (Å²) in [6, 6.07) is 15.9. The molecule has 0 bridgehead atoms. The Kier molecular flexibility index (Phi) is 4.89. The van der Waals surface area contributed by atoms with Gasteiger partial charge in [0.25, 0.3) is 0 Å². The maximum Gasteiger partial charge on any atom is 0.0212 e. The van der Waals surface area contributed by atoms with E-state index in [-0.39, 0.29) is 0 Å². The fourth-order valence-corrected chi connectivity index (χ4v) is 3.35. The first-order valence-corrected chi connectivity index (χ1v) is 8.26. The van der Waals surface area contributed by atoms with Crippen LogP contribution >= 0.6 is 0 Å². The summed E-state index contributed by atoms with van der Waals surface area (Å²) in [5, 5.41) is 6.36. The zero-order chi connectivity index (χ0) is 14.5. The van der Waals surface area contributed by atoms with Crippen LogP contribution in [0.4, 0.5) is 0 Å². The van der Waals surface area contributed by atoms with E-state index >= 15 is 0 Å². The van der Waals surface area contributed by atoms with E-state index in [0.717, 1.165) is 13.1 Å².